The third-order valence-corrected chi connectivity index (χ3v) is 5.79. The van der Waals surface area contributed by atoms with Gasteiger partial charge in [-0.3, -0.25) is 29.1 Å². The van der Waals surface area contributed by atoms with Crippen LogP contribution in [-0.2, 0) is 20.9 Å². The van der Waals surface area contributed by atoms with Crippen molar-refractivity contribution in [2.24, 2.45) is 0 Å². The first-order valence-electron chi connectivity index (χ1n) is 9.65. The number of carbonyl (C=O) groups is 3. The molecule has 174 valence electrons. The summed E-state index contributed by atoms with van der Waals surface area (Å²) in [5.41, 5.74) is 0.613. The molecule has 0 radical (unpaired) electrons. The quantitative estimate of drug-likeness (QED) is 0.494. The predicted molar refractivity (Wildman–Crippen MR) is 114 cm³/mol. The van der Waals surface area contributed by atoms with E-state index in [0.29, 0.717) is 10.2 Å². The van der Waals surface area contributed by atoms with Gasteiger partial charge in [0.25, 0.3) is 17.4 Å². The molecule has 0 atom stereocenters. The maximum atomic E-state index is 12.6. The second-order valence-corrected chi connectivity index (χ2v) is 8.10. The highest BCUT2D eigenvalue weighted by Crippen LogP contribution is 2.25. The zero-order valence-electron chi connectivity index (χ0n) is 17.6. The number of esters is 1. The summed E-state index contributed by atoms with van der Waals surface area (Å²) in [6.07, 6.45) is 1.18. The molecule has 0 aliphatic heterocycles. The Labute approximate surface area is 189 Å². The maximum Gasteiger partial charge on any atom is 0.387 e. The smallest absolute Gasteiger partial charge is 0.387 e. The summed E-state index contributed by atoms with van der Waals surface area (Å²) in [4.78, 5) is 54.3. The molecule has 3 aromatic rings. The largest absolute Gasteiger partial charge is 0.456 e. The lowest BCUT2D eigenvalue weighted by molar-refractivity contribution is -0.148. The van der Waals surface area contributed by atoms with Crippen LogP contribution in [0.1, 0.15) is 27.2 Å². The minimum absolute atomic E-state index is 0.0164. The van der Waals surface area contributed by atoms with Gasteiger partial charge in [0.15, 0.2) is 6.61 Å². The molecule has 1 N–H and O–H groups in total. The zero-order valence-corrected chi connectivity index (χ0v) is 18.4. The van der Waals surface area contributed by atoms with E-state index in [-0.39, 0.29) is 29.8 Å². The summed E-state index contributed by atoms with van der Waals surface area (Å²) < 4.78 is 34.6. The van der Waals surface area contributed by atoms with Crippen LogP contribution in [0.15, 0.2) is 35.4 Å². The van der Waals surface area contributed by atoms with Gasteiger partial charge in [0, 0.05) is 17.0 Å². The van der Waals surface area contributed by atoms with Crippen LogP contribution in [0.25, 0.3) is 10.2 Å². The van der Waals surface area contributed by atoms with E-state index in [0.717, 1.165) is 22.6 Å². The van der Waals surface area contributed by atoms with Crippen LogP contribution in [0, 0.1) is 13.8 Å². The first kappa shape index (κ1) is 24.0. The van der Waals surface area contributed by atoms with Crippen LogP contribution >= 0.6 is 11.3 Å². The summed E-state index contributed by atoms with van der Waals surface area (Å²) in [6, 6.07) is 4.70. The number of hydrogen-bond donors (Lipinski definition) is 1. The number of alkyl halides is 2. The van der Waals surface area contributed by atoms with Crippen molar-refractivity contribution in [1.82, 2.24) is 14.9 Å². The zero-order chi connectivity index (χ0) is 24.1. The molecule has 0 bridgehead atoms. The summed E-state index contributed by atoms with van der Waals surface area (Å²) in [5, 5.41) is 2.53. The Bertz CT molecular complexity index is 1250. The normalized spacial score (nSPS) is 10.9. The van der Waals surface area contributed by atoms with Gasteiger partial charge in [-0.15, -0.1) is 11.3 Å². The first-order chi connectivity index (χ1) is 15.7. The van der Waals surface area contributed by atoms with Crippen LogP contribution < -0.4 is 15.6 Å². The van der Waals surface area contributed by atoms with Crippen molar-refractivity contribution in [3.8, 4) is 5.75 Å². The van der Waals surface area contributed by atoms with Crippen LogP contribution in [0.4, 0.5) is 8.78 Å². The monoisotopic (exact) mass is 479 g/mol. The van der Waals surface area contributed by atoms with Gasteiger partial charge in [-0.2, -0.15) is 8.78 Å². The third kappa shape index (κ3) is 5.98. The van der Waals surface area contributed by atoms with E-state index in [4.69, 9.17) is 4.74 Å². The van der Waals surface area contributed by atoms with E-state index in [9.17, 15) is 28.0 Å². The summed E-state index contributed by atoms with van der Waals surface area (Å²) in [6.45, 7) is 0.0496. The van der Waals surface area contributed by atoms with Gasteiger partial charge in [-0.1, -0.05) is 0 Å². The number of carbonyl (C=O) groups excluding carboxylic acids is 3. The fourth-order valence-corrected chi connectivity index (χ4v) is 3.87. The molecule has 0 unspecified atom stereocenters. The molecule has 12 heteroatoms. The fraction of sp³-hybridized carbons (Fsp3) is 0.286. The van der Waals surface area contributed by atoms with Gasteiger partial charge in [-0.25, -0.2) is 4.98 Å². The Morgan fingerprint density at radius 2 is 1.88 bits per heavy atom. The van der Waals surface area contributed by atoms with Gasteiger partial charge in [0.05, 0.1) is 18.1 Å². The topological polar surface area (TPSA) is 117 Å². The van der Waals surface area contributed by atoms with Crippen molar-refractivity contribution in [3.63, 3.8) is 0 Å². The highest BCUT2D eigenvalue weighted by Gasteiger charge is 2.15. The molecule has 33 heavy (non-hydrogen) atoms. The number of ether oxygens (including phenoxy) is 2. The van der Waals surface area contributed by atoms with E-state index < -0.39 is 31.0 Å². The van der Waals surface area contributed by atoms with Gasteiger partial charge in [0.1, 0.15) is 10.6 Å². The summed E-state index contributed by atoms with van der Waals surface area (Å²) >= 11 is 1.42. The average Bonchev–Trinajstić information content (AvgIpc) is 3.06. The summed E-state index contributed by atoms with van der Waals surface area (Å²) in [7, 11) is 0. The minimum atomic E-state index is -3.00. The van der Waals surface area contributed by atoms with Crippen LogP contribution in [-0.4, -0.2) is 40.6 Å². The molecule has 0 spiro atoms. The lowest BCUT2D eigenvalue weighted by atomic mass is 10.2. The SMILES string of the molecule is Cc1sc2ncn(CCC(=O)OCC(=O)NC(=O)c3ccc(OC(F)F)cc3)c(=O)c2c1C. The van der Waals surface area contributed by atoms with Crippen LogP contribution in [0.2, 0.25) is 0 Å². The highest BCUT2D eigenvalue weighted by atomic mass is 32.1. The number of amides is 2. The number of rotatable bonds is 8. The van der Waals surface area contributed by atoms with E-state index in [1.165, 1.54) is 34.4 Å². The van der Waals surface area contributed by atoms with E-state index in [2.05, 4.69) is 9.72 Å². The Kier molecular flexibility index (Phi) is 7.48. The molecule has 1 aromatic carbocycles. The number of nitrogens with zero attached hydrogens (tertiary/aromatic N) is 2. The molecular formula is C21H19F2N3O6S. The number of nitrogens with one attached hydrogen (secondary N) is 1. The van der Waals surface area contributed by atoms with Crippen molar-refractivity contribution in [3.05, 3.63) is 57.0 Å². The molecule has 0 aliphatic carbocycles. The molecule has 2 amide bonds. The molecular weight excluding hydrogens is 460 g/mol. The molecule has 3 rings (SSSR count). The number of halogens is 2. The Morgan fingerprint density at radius 3 is 2.55 bits per heavy atom. The molecule has 0 saturated carbocycles. The molecule has 2 aromatic heterocycles. The number of thiophene rings is 1. The Balaban J connectivity index is 1.48. The molecule has 0 aliphatic rings. The van der Waals surface area contributed by atoms with Crippen molar-refractivity contribution in [2.45, 2.75) is 33.4 Å². The fourth-order valence-electron chi connectivity index (χ4n) is 2.88. The highest BCUT2D eigenvalue weighted by molar-refractivity contribution is 7.18. The van der Waals surface area contributed by atoms with E-state index >= 15 is 0 Å². The summed E-state index contributed by atoms with van der Waals surface area (Å²) in [5.74, 6) is -2.55. The molecule has 2 heterocycles. The lowest BCUT2D eigenvalue weighted by Gasteiger charge is -2.08. The van der Waals surface area contributed by atoms with Gasteiger partial charge >= 0.3 is 12.6 Å². The number of imide groups is 1. The second-order valence-electron chi connectivity index (χ2n) is 6.90. The predicted octanol–water partition coefficient (Wildman–Crippen LogP) is 2.57. The molecule has 9 nitrogen and oxygen atoms in total. The maximum absolute atomic E-state index is 12.6. The van der Waals surface area contributed by atoms with Crippen molar-refractivity contribution in [2.75, 3.05) is 6.61 Å². The van der Waals surface area contributed by atoms with Gasteiger partial charge in [0.2, 0.25) is 0 Å². The van der Waals surface area contributed by atoms with Crippen molar-refractivity contribution in [1.29, 1.82) is 0 Å². The van der Waals surface area contributed by atoms with Crippen LogP contribution in [0.3, 0.4) is 0 Å². The first-order valence-corrected chi connectivity index (χ1v) is 10.5. The number of aryl methyl sites for hydroxylation is 3. The van der Waals surface area contributed by atoms with Crippen molar-refractivity contribution >= 4 is 39.3 Å². The van der Waals surface area contributed by atoms with E-state index in [1.807, 2.05) is 19.2 Å². The third-order valence-electron chi connectivity index (χ3n) is 4.67. The average molecular weight is 479 g/mol. The van der Waals surface area contributed by atoms with Crippen LogP contribution in [0.5, 0.6) is 5.75 Å². The number of fused-ring (bicyclic) bond motifs is 1. The molecule has 0 fully saturated rings. The standard InChI is InChI=1S/C21H19F2N3O6S/c1-11-12(2)33-19-17(11)20(30)26(10-24-19)8-7-16(28)31-9-15(27)25-18(29)13-3-5-14(6-4-13)32-21(22)23/h3-6,10,21H,7-9H2,1-2H3,(H,25,27,29). The number of hydrogen-bond acceptors (Lipinski definition) is 8. The number of aromatic nitrogens is 2. The van der Waals surface area contributed by atoms with Gasteiger partial charge < -0.3 is 9.47 Å². The minimum Gasteiger partial charge on any atom is -0.456 e. The van der Waals surface area contributed by atoms with Gasteiger partial charge in [-0.05, 0) is 43.7 Å². The lowest BCUT2D eigenvalue weighted by Crippen LogP contribution is -2.34. The second kappa shape index (κ2) is 10.3. The molecule has 0 saturated heterocycles. The Morgan fingerprint density at radius 1 is 1.18 bits per heavy atom. The van der Waals surface area contributed by atoms with Crippen molar-refractivity contribution < 1.29 is 32.6 Å². The Hall–Kier alpha value is -3.67. The van der Waals surface area contributed by atoms with E-state index in [1.54, 1.807) is 0 Å². The number of benzene rings is 1.